The number of carbonyl (C=O) groups excluding carboxylic acids is 1. The number of aromatic nitrogens is 3. The highest BCUT2D eigenvalue weighted by Crippen LogP contribution is 2.07. The highest BCUT2D eigenvalue weighted by Gasteiger charge is 2.12. The molecule has 0 bridgehead atoms. The van der Waals surface area contributed by atoms with Crippen LogP contribution in [-0.2, 0) is 11.5 Å². The van der Waals surface area contributed by atoms with Crippen LogP contribution in [0.2, 0.25) is 25.7 Å². The first kappa shape index (κ1) is 12.1. The first-order valence-corrected chi connectivity index (χ1v) is 8.65. The van der Waals surface area contributed by atoms with Crippen LogP contribution >= 0.6 is 0 Å². The molecular formula is C9H17N3O2Si. The summed E-state index contributed by atoms with van der Waals surface area (Å²) in [6.45, 7) is 7.90. The molecule has 1 aromatic rings. The van der Waals surface area contributed by atoms with Crippen LogP contribution < -0.4 is 0 Å². The summed E-state index contributed by atoms with van der Waals surface area (Å²) in [6.07, 6.45) is 2.15. The fraction of sp³-hybridized carbons (Fsp3) is 0.667. The predicted molar refractivity (Wildman–Crippen MR) is 59.5 cm³/mol. The molecule has 0 amide bonds. The Balaban J connectivity index is 2.29. The highest BCUT2D eigenvalue weighted by atomic mass is 28.3. The molecule has 0 aliphatic carbocycles. The Morgan fingerprint density at radius 2 is 2.27 bits per heavy atom. The molecule has 0 aromatic carbocycles. The molecule has 6 heteroatoms. The van der Waals surface area contributed by atoms with Crippen molar-refractivity contribution in [3.8, 4) is 0 Å². The summed E-state index contributed by atoms with van der Waals surface area (Å²) in [4.78, 5) is 10.5. The number of hydrogen-bond donors (Lipinski definition) is 0. The van der Waals surface area contributed by atoms with E-state index in [2.05, 4.69) is 30.0 Å². The molecule has 0 aliphatic rings. The van der Waals surface area contributed by atoms with Crippen LogP contribution in [0.15, 0.2) is 6.20 Å². The number of carbonyl (C=O) groups is 1. The van der Waals surface area contributed by atoms with Crippen LogP contribution in [0.1, 0.15) is 10.5 Å². The lowest BCUT2D eigenvalue weighted by atomic mass is 10.5. The van der Waals surface area contributed by atoms with Gasteiger partial charge in [-0.05, 0) is 6.04 Å². The summed E-state index contributed by atoms with van der Waals surface area (Å²) in [6, 6.07) is 1.11. The third-order valence-corrected chi connectivity index (χ3v) is 3.68. The molecule has 1 heterocycles. The predicted octanol–water partition coefficient (Wildman–Crippen LogP) is 1.40. The SMILES string of the molecule is C[Si](C)(C)CCOCn1nncc1C=O. The molecule has 1 aromatic heterocycles. The molecule has 0 unspecified atom stereocenters. The second-order valence-corrected chi connectivity index (χ2v) is 10.2. The van der Waals surface area contributed by atoms with Gasteiger partial charge in [0.25, 0.3) is 0 Å². The van der Waals surface area contributed by atoms with Crippen molar-refractivity contribution in [1.29, 1.82) is 0 Å². The second kappa shape index (κ2) is 5.18. The van der Waals surface area contributed by atoms with Crippen molar-refractivity contribution in [3.05, 3.63) is 11.9 Å². The fourth-order valence-electron chi connectivity index (χ4n) is 0.987. The average molecular weight is 227 g/mol. The Kier molecular flexibility index (Phi) is 4.16. The van der Waals surface area contributed by atoms with Gasteiger partial charge in [-0.15, -0.1) is 5.10 Å². The van der Waals surface area contributed by atoms with Crippen molar-refractivity contribution in [3.63, 3.8) is 0 Å². The molecule has 0 saturated heterocycles. The third kappa shape index (κ3) is 4.35. The second-order valence-electron chi connectivity index (χ2n) is 4.62. The number of aldehydes is 1. The standard InChI is InChI=1S/C9H17N3O2Si/c1-15(2,3)5-4-14-8-12-9(7-13)6-10-11-12/h6-7H,4-5,8H2,1-3H3. The van der Waals surface area contributed by atoms with Gasteiger partial charge in [-0.1, -0.05) is 24.9 Å². The van der Waals surface area contributed by atoms with Crippen molar-refractivity contribution < 1.29 is 9.53 Å². The molecule has 0 atom stereocenters. The minimum atomic E-state index is -1.04. The highest BCUT2D eigenvalue weighted by molar-refractivity contribution is 6.76. The van der Waals surface area contributed by atoms with E-state index in [0.717, 1.165) is 12.3 Å². The molecule has 15 heavy (non-hydrogen) atoms. The van der Waals surface area contributed by atoms with E-state index in [1.165, 1.54) is 10.9 Å². The van der Waals surface area contributed by atoms with Gasteiger partial charge in [0.1, 0.15) is 12.4 Å². The Labute approximate surface area is 90.4 Å². The maximum Gasteiger partial charge on any atom is 0.169 e. The number of ether oxygens (including phenoxy) is 1. The van der Waals surface area contributed by atoms with Crippen LogP contribution in [0.3, 0.4) is 0 Å². The van der Waals surface area contributed by atoms with E-state index in [9.17, 15) is 4.79 Å². The van der Waals surface area contributed by atoms with E-state index < -0.39 is 8.07 Å². The van der Waals surface area contributed by atoms with Gasteiger partial charge in [0.2, 0.25) is 0 Å². The van der Waals surface area contributed by atoms with E-state index in [-0.39, 0.29) is 0 Å². The van der Waals surface area contributed by atoms with Crippen molar-refractivity contribution in [1.82, 2.24) is 15.0 Å². The smallest absolute Gasteiger partial charge is 0.169 e. The summed E-state index contributed by atoms with van der Waals surface area (Å²) < 4.78 is 6.89. The van der Waals surface area contributed by atoms with Crippen LogP contribution in [-0.4, -0.2) is 36.0 Å². The zero-order valence-electron chi connectivity index (χ0n) is 9.43. The van der Waals surface area contributed by atoms with Gasteiger partial charge < -0.3 is 4.74 Å². The summed E-state index contributed by atoms with van der Waals surface area (Å²) in [5, 5.41) is 7.37. The monoisotopic (exact) mass is 227 g/mol. The average Bonchev–Trinajstić information content (AvgIpc) is 2.58. The summed E-state index contributed by atoms with van der Waals surface area (Å²) in [5.74, 6) is 0. The lowest BCUT2D eigenvalue weighted by molar-refractivity contribution is 0.0741. The molecule has 5 nitrogen and oxygen atoms in total. The largest absolute Gasteiger partial charge is 0.359 e. The van der Waals surface area contributed by atoms with Crippen LogP contribution in [0.25, 0.3) is 0 Å². The van der Waals surface area contributed by atoms with Gasteiger partial charge in [-0.25, -0.2) is 4.68 Å². The molecule has 0 fully saturated rings. The lowest BCUT2D eigenvalue weighted by Crippen LogP contribution is -2.22. The van der Waals surface area contributed by atoms with Gasteiger partial charge in [-0.3, -0.25) is 4.79 Å². The number of nitrogens with zero attached hydrogens (tertiary/aromatic N) is 3. The van der Waals surface area contributed by atoms with Crippen LogP contribution in [0.5, 0.6) is 0 Å². The number of hydrogen-bond acceptors (Lipinski definition) is 4. The maximum atomic E-state index is 10.5. The van der Waals surface area contributed by atoms with Crippen molar-refractivity contribution >= 4 is 14.4 Å². The van der Waals surface area contributed by atoms with Gasteiger partial charge in [0.15, 0.2) is 6.29 Å². The van der Waals surface area contributed by atoms with Crippen LogP contribution in [0.4, 0.5) is 0 Å². The van der Waals surface area contributed by atoms with Gasteiger partial charge in [0, 0.05) is 14.7 Å². The third-order valence-electron chi connectivity index (χ3n) is 1.98. The molecule has 0 N–H and O–H groups in total. The molecule has 0 spiro atoms. The first-order chi connectivity index (χ1) is 7.03. The van der Waals surface area contributed by atoms with Gasteiger partial charge in [-0.2, -0.15) is 0 Å². The summed E-state index contributed by atoms with van der Waals surface area (Å²) >= 11 is 0. The molecule has 0 aliphatic heterocycles. The van der Waals surface area contributed by atoms with E-state index in [1.54, 1.807) is 0 Å². The lowest BCUT2D eigenvalue weighted by Gasteiger charge is -2.15. The topological polar surface area (TPSA) is 57.0 Å². The van der Waals surface area contributed by atoms with Crippen molar-refractivity contribution in [2.24, 2.45) is 0 Å². The zero-order chi connectivity index (χ0) is 11.3. The normalized spacial score (nSPS) is 11.7. The van der Waals surface area contributed by atoms with Crippen molar-refractivity contribution in [2.75, 3.05) is 6.61 Å². The molecular weight excluding hydrogens is 210 g/mol. The Morgan fingerprint density at radius 3 is 2.87 bits per heavy atom. The fourth-order valence-corrected chi connectivity index (χ4v) is 1.74. The van der Waals surface area contributed by atoms with E-state index in [4.69, 9.17) is 4.74 Å². The first-order valence-electron chi connectivity index (χ1n) is 4.94. The quantitative estimate of drug-likeness (QED) is 0.419. The van der Waals surface area contributed by atoms with Gasteiger partial charge in [0.05, 0.1) is 6.20 Å². The zero-order valence-corrected chi connectivity index (χ0v) is 10.4. The Hall–Kier alpha value is -1.01. The van der Waals surface area contributed by atoms with E-state index in [1.807, 2.05) is 0 Å². The number of rotatable bonds is 6. The molecule has 84 valence electrons. The van der Waals surface area contributed by atoms with Gasteiger partial charge >= 0.3 is 0 Å². The van der Waals surface area contributed by atoms with Crippen LogP contribution in [0, 0.1) is 0 Å². The summed E-state index contributed by atoms with van der Waals surface area (Å²) in [5.41, 5.74) is 0.447. The summed E-state index contributed by atoms with van der Waals surface area (Å²) in [7, 11) is -1.04. The van der Waals surface area contributed by atoms with Crippen molar-refractivity contribution in [2.45, 2.75) is 32.4 Å². The molecule has 0 radical (unpaired) electrons. The molecule has 0 saturated carbocycles. The Bertz CT molecular complexity index is 319. The Morgan fingerprint density at radius 1 is 1.53 bits per heavy atom. The molecule has 1 rings (SSSR count). The minimum absolute atomic E-state index is 0.304. The maximum absolute atomic E-state index is 10.5. The van der Waals surface area contributed by atoms with E-state index in [0.29, 0.717) is 19.0 Å². The minimum Gasteiger partial charge on any atom is -0.359 e. The van der Waals surface area contributed by atoms with E-state index >= 15 is 0 Å².